The maximum atomic E-state index is 10.6. The quantitative estimate of drug-likeness (QED) is 0.635. The maximum absolute atomic E-state index is 10.6. The highest BCUT2D eigenvalue weighted by Crippen LogP contribution is 2.46. The maximum Gasteiger partial charge on any atom is 0.0769 e. The topological polar surface area (TPSA) is 20.2 Å². The highest BCUT2D eigenvalue weighted by atomic mass is 16.3. The van der Waals surface area contributed by atoms with E-state index in [4.69, 9.17) is 0 Å². The number of hydrogen-bond acceptors (Lipinski definition) is 1. The van der Waals surface area contributed by atoms with E-state index in [0.717, 1.165) is 6.42 Å². The van der Waals surface area contributed by atoms with Gasteiger partial charge in [-0.1, -0.05) is 38.3 Å². The Labute approximate surface area is 87.2 Å². The lowest BCUT2D eigenvalue weighted by atomic mass is 9.76. The summed E-state index contributed by atoms with van der Waals surface area (Å²) in [5, 5.41) is 10.6. The average Bonchev–Trinajstić information content (AvgIpc) is 2.38. The van der Waals surface area contributed by atoms with Gasteiger partial charge in [0.15, 0.2) is 0 Å². The highest BCUT2D eigenvalue weighted by molar-refractivity contribution is 5.22. The molecule has 0 aliphatic heterocycles. The third-order valence-corrected chi connectivity index (χ3v) is 4.20. The number of rotatable bonds is 1. The van der Waals surface area contributed by atoms with Crippen LogP contribution in [0.5, 0.6) is 0 Å². The number of hydrogen-bond donors (Lipinski definition) is 1. The van der Waals surface area contributed by atoms with Gasteiger partial charge in [-0.2, -0.15) is 0 Å². The van der Waals surface area contributed by atoms with Gasteiger partial charge in [-0.05, 0) is 31.6 Å². The minimum absolute atomic E-state index is 0.388. The van der Waals surface area contributed by atoms with E-state index in [0.29, 0.717) is 11.8 Å². The molecule has 2 aliphatic carbocycles. The second kappa shape index (κ2) is 3.69. The molecule has 0 amide bonds. The van der Waals surface area contributed by atoms with E-state index >= 15 is 0 Å². The normalized spacial score (nSPS) is 38.0. The predicted molar refractivity (Wildman–Crippen MR) is 59.1 cm³/mol. The molecule has 0 radical (unpaired) electrons. The molecule has 1 N–H and O–H groups in total. The zero-order valence-corrected chi connectivity index (χ0v) is 9.42. The molecule has 1 fully saturated rings. The van der Waals surface area contributed by atoms with Crippen molar-refractivity contribution in [1.29, 1.82) is 0 Å². The first-order chi connectivity index (χ1) is 6.64. The fraction of sp³-hybridized carbons (Fsp3) is 0.846. The first-order valence-electron chi connectivity index (χ1n) is 6.06. The monoisotopic (exact) mass is 194 g/mol. The second-order valence-corrected chi connectivity index (χ2v) is 5.28. The van der Waals surface area contributed by atoms with Gasteiger partial charge in [-0.3, -0.25) is 0 Å². The van der Waals surface area contributed by atoms with Crippen molar-refractivity contribution in [2.75, 3.05) is 0 Å². The van der Waals surface area contributed by atoms with Gasteiger partial charge < -0.3 is 5.11 Å². The molecule has 2 atom stereocenters. The van der Waals surface area contributed by atoms with Gasteiger partial charge in [-0.15, -0.1) is 0 Å². The standard InChI is InChI=1S/C13H22O/c1-10(2)13(14)9-8-11-6-4-3-5-7-12(11)13/h8,10,12,14H,3-7,9H2,1-2H3/t12?,13-/m0/s1. The van der Waals surface area contributed by atoms with Gasteiger partial charge in [0.1, 0.15) is 0 Å². The summed E-state index contributed by atoms with van der Waals surface area (Å²) < 4.78 is 0. The first-order valence-corrected chi connectivity index (χ1v) is 6.06. The van der Waals surface area contributed by atoms with Crippen LogP contribution in [-0.2, 0) is 0 Å². The zero-order chi connectivity index (χ0) is 10.2. The van der Waals surface area contributed by atoms with Crippen molar-refractivity contribution in [3.05, 3.63) is 11.6 Å². The molecule has 0 heterocycles. The predicted octanol–water partition coefficient (Wildman–Crippen LogP) is 3.28. The Kier molecular flexibility index (Phi) is 2.70. The van der Waals surface area contributed by atoms with E-state index in [1.165, 1.54) is 32.1 Å². The first kappa shape index (κ1) is 10.2. The van der Waals surface area contributed by atoms with Crippen molar-refractivity contribution in [1.82, 2.24) is 0 Å². The summed E-state index contributed by atoms with van der Waals surface area (Å²) in [4.78, 5) is 0. The highest BCUT2D eigenvalue weighted by Gasteiger charge is 2.44. The number of fused-ring (bicyclic) bond motifs is 1. The lowest BCUT2D eigenvalue weighted by Crippen LogP contribution is -2.40. The van der Waals surface area contributed by atoms with E-state index in [1.54, 1.807) is 5.57 Å². The summed E-state index contributed by atoms with van der Waals surface area (Å²) in [6, 6.07) is 0. The van der Waals surface area contributed by atoms with E-state index in [2.05, 4.69) is 19.9 Å². The Bertz CT molecular complexity index is 242. The molecule has 14 heavy (non-hydrogen) atoms. The molecular formula is C13H22O. The fourth-order valence-electron chi connectivity index (χ4n) is 3.10. The molecule has 0 aromatic heterocycles. The second-order valence-electron chi connectivity index (χ2n) is 5.28. The van der Waals surface area contributed by atoms with Crippen LogP contribution >= 0.6 is 0 Å². The average molecular weight is 194 g/mol. The van der Waals surface area contributed by atoms with Crippen LogP contribution in [0.1, 0.15) is 52.4 Å². The Morgan fingerprint density at radius 2 is 2.14 bits per heavy atom. The van der Waals surface area contributed by atoms with Crippen molar-refractivity contribution < 1.29 is 5.11 Å². The molecule has 80 valence electrons. The van der Waals surface area contributed by atoms with E-state index < -0.39 is 5.60 Å². The van der Waals surface area contributed by atoms with Crippen molar-refractivity contribution in [3.8, 4) is 0 Å². The van der Waals surface area contributed by atoms with Crippen LogP contribution in [0.25, 0.3) is 0 Å². The van der Waals surface area contributed by atoms with Gasteiger partial charge >= 0.3 is 0 Å². The molecular weight excluding hydrogens is 172 g/mol. The van der Waals surface area contributed by atoms with Gasteiger partial charge in [-0.25, -0.2) is 0 Å². The Balaban J connectivity index is 2.19. The molecule has 1 heteroatoms. The molecule has 1 nitrogen and oxygen atoms in total. The van der Waals surface area contributed by atoms with Crippen molar-refractivity contribution in [3.63, 3.8) is 0 Å². The van der Waals surface area contributed by atoms with Crippen molar-refractivity contribution >= 4 is 0 Å². The zero-order valence-electron chi connectivity index (χ0n) is 9.42. The minimum atomic E-state index is -0.417. The van der Waals surface area contributed by atoms with Crippen LogP contribution < -0.4 is 0 Å². The summed E-state index contributed by atoms with van der Waals surface area (Å²) in [5.41, 5.74) is 1.14. The molecule has 1 unspecified atom stereocenters. The van der Waals surface area contributed by atoms with Crippen LogP contribution in [0, 0.1) is 11.8 Å². The molecule has 0 spiro atoms. The lowest BCUT2D eigenvalue weighted by Gasteiger charge is -2.35. The van der Waals surface area contributed by atoms with Crippen molar-refractivity contribution in [2.24, 2.45) is 11.8 Å². The summed E-state index contributed by atoms with van der Waals surface area (Å²) in [7, 11) is 0. The fourth-order valence-corrected chi connectivity index (χ4v) is 3.10. The molecule has 1 saturated carbocycles. The van der Waals surface area contributed by atoms with Gasteiger partial charge in [0.2, 0.25) is 0 Å². The molecule has 2 rings (SSSR count). The van der Waals surface area contributed by atoms with Crippen LogP contribution in [0.2, 0.25) is 0 Å². The van der Waals surface area contributed by atoms with Gasteiger partial charge in [0, 0.05) is 5.92 Å². The van der Waals surface area contributed by atoms with Crippen molar-refractivity contribution in [2.45, 2.75) is 58.0 Å². The number of aliphatic hydroxyl groups is 1. The minimum Gasteiger partial charge on any atom is -0.389 e. The van der Waals surface area contributed by atoms with Gasteiger partial charge in [0.05, 0.1) is 5.60 Å². The summed E-state index contributed by atoms with van der Waals surface area (Å²) in [6.07, 6.45) is 9.64. The lowest BCUT2D eigenvalue weighted by molar-refractivity contribution is -0.0367. The van der Waals surface area contributed by atoms with E-state index in [9.17, 15) is 5.11 Å². The van der Waals surface area contributed by atoms with Crippen LogP contribution in [0.4, 0.5) is 0 Å². The molecule has 0 aromatic rings. The molecule has 2 aliphatic rings. The van der Waals surface area contributed by atoms with E-state index in [1.807, 2.05) is 0 Å². The van der Waals surface area contributed by atoms with E-state index in [-0.39, 0.29) is 0 Å². The Hall–Kier alpha value is -0.300. The van der Waals surface area contributed by atoms with Crippen LogP contribution in [-0.4, -0.2) is 10.7 Å². The molecule has 0 bridgehead atoms. The SMILES string of the molecule is CC(C)[C@@]1(O)CC=C2CCCCCC21. The molecule has 0 aromatic carbocycles. The van der Waals surface area contributed by atoms with Gasteiger partial charge in [0.25, 0.3) is 0 Å². The van der Waals surface area contributed by atoms with Crippen LogP contribution in [0.15, 0.2) is 11.6 Å². The largest absolute Gasteiger partial charge is 0.389 e. The molecule has 0 saturated heterocycles. The Morgan fingerprint density at radius 1 is 1.36 bits per heavy atom. The smallest absolute Gasteiger partial charge is 0.0769 e. The van der Waals surface area contributed by atoms with Crippen LogP contribution in [0.3, 0.4) is 0 Å². The Morgan fingerprint density at radius 3 is 2.86 bits per heavy atom. The summed E-state index contributed by atoms with van der Waals surface area (Å²) in [5.74, 6) is 0.865. The third kappa shape index (κ3) is 1.52. The third-order valence-electron chi connectivity index (χ3n) is 4.20. The summed E-state index contributed by atoms with van der Waals surface area (Å²) >= 11 is 0. The summed E-state index contributed by atoms with van der Waals surface area (Å²) in [6.45, 7) is 4.31.